The van der Waals surface area contributed by atoms with Crippen molar-refractivity contribution in [2.24, 2.45) is 0 Å². The molecule has 0 bridgehead atoms. The third kappa shape index (κ3) is 3.72. The summed E-state index contributed by atoms with van der Waals surface area (Å²) in [5.74, 6) is 0.118. The van der Waals surface area contributed by atoms with Crippen LogP contribution in [0.25, 0.3) is 5.57 Å². The highest BCUT2D eigenvalue weighted by Gasteiger charge is 2.34. The van der Waals surface area contributed by atoms with Gasteiger partial charge in [0.1, 0.15) is 5.82 Å². The SMILES string of the molecule is C=C(CCCCC)c1c(N)ncc(C(F)(F)F)c1C. The van der Waals surface area contributed by atoms with E-state index in [9.17, 15) is 13.2 Å². The second kappa shape index (κ2) is 6.08. The van der Waals surface area contributed by atoms with Crippen LogP contribution in [0.2, 0.25) is 0 Å². The zero-order valence-electron chi connectivity index (χ0n) is 11.3. The molecule has 0 aliphatic rings. The first-order chi connectivity index (χ1) is 8.79. The number of aromatic nitrogens is 1. The molecule has 0 fully saturated rings. The van der Waals surface area contributed by atoms with E-state index in [0.717, 1.165) is 25.5 Å². The van der Waals surface area contributed by atoms with Crippen LogP contribution in [0, 0.1) is 6.92 Å². The number of hydrogen-bond donors (Lipinski definition) is 1. The molecule has 1 aromatic rings. The first-order valence-corrected chi connectivity index (χ1v) is 6.29. The van der Waals surface area contributed by atoms with Crippen LogP contribution in [-0.4, -0.2) is 4.98 Å². The minimum Gasteiger partial charge on any atom is -0.383 e. The van der Waals surface area contributed by atoms with Gasteiger partial charge in [-0.05, 0) is 30.9 Å². The molecule has 0 saturated carbocycles. The lowest BCUT2D eigenvalue weighted by Crippen LogP contribution is -2.12. The molecule has 5 heteroatoms. The van der Waals surface area contributed by atoms with E-state index in [0.29, 0.717) is 17.6 Å². The Kier molecular flexibility index (Phi) is 4.97. The fourth-order valence-electron chi connectivity index (χ4n) is 2.07. The summed E-state index contributed by atoms with van der Waals surface area (Å²) in [6, 6.07) is 0. The highest BCUT2D eigenvalue weighted by Crippen LogP contribution is 2.36. The Morgan fingerprint density at radius 1 is 1.37 bits per heavy atom. The molecular weight excluding hydrogens is 253 g/mol. The molecule has 0 aliphatic heterocycles. The number of pyridine rings is 1. The van der Waals surface area contributed by atoms with E-state index < -0.39 is 11.7 Å². The van der Waals surface area contributed by atoms with Gasteiger partial charge in [0.25, 0.3) is 0 Å². The van der Waals surface area contributed by atoms with Crippen LogP contribution in [-0.2, 0) is 6.18 Å². The largest absolute Gasteiger partial charge is 0.418 e. The van der Waals surface area contributed by atoms with Gasteiger partial charge in [-0.25, -0.2) is 4.98 Å². The van der Waals surface area contributed by atoms with Gasteiger partial charge in [0.15, 0.2) is 0 Å². The van der Waals surface area contributed by atoms with Gasteiger partial charge in [0.2, 0.25) is 0 Å². The first kappa shape index (κ1) is 15.5. The lowest BCUT2D eigenvalue weighted by molar-refractivity contribution is -0.138. The van der Waals surface area contributed by atoms with Crippen molar-refractivity contribution >= 4 is 11.4 Å². The van der Waals surface area contributed by atoms with E-state index in [1.54, 1.807) is 0 Å². The molecule has 0 unspecified atom stereocenters. The monoisotopic (exact) mass is 272 g/mol. The molecule has 19 heavy (non-hydrogen) atoms. The van der Waals surface area contributed by atoms with Crippen molar-refractivity contribution in [1.82, 2.24) is 4.98 Å². The van der Waals surface area contributed by atoms with Crippen molar-refractivity contribution in [3.63, 3.8) is 0 Å². The number of unbranched alkanes of at least 4 members (excludes halogenated alkanes) is 2. The number of anilines is 1. The number of allylic oxidation sites excluding steroid dienone is 1. The van der Waals surface area contributed by atoms with Gasteiger partial charge >= 0.3 is 6.18 Å². The summed E-state index contributed by atoms with van der Waals surface area (Å²) < 4.78 is 38.5. The Bertz CT molecular complexity index is 464. The standard InChI is InChI=1S/C14H19F3N2/c1-4-5-6-7-9(2)12-10(3)11(14(15,16)17)8-19-13(12)18/h8H,2,4-7H2,1,3H3,(H2,18,19). The van der Waals surface area contributed by atoms with Crippen molar-refractivity contribution < 1.29 is 13.2 Å². The Morgan fingerprint density at radius 2 is 2.00 bits per heavy atom. The fourth-order valence-corrected chi connectivity index (χ4v) is 2.07. The Hall–Kier alpha value is -1.52. The van der Waals surface area contributed by atoms with Gasteiger partial charge in [0.05, 0.1) is 5.56 Å². The number of nitrogen functional groups attached to an aromatic ring is 1. The highest BCUT2D eigenvalue weighted by molar-refractivity contribution is 5.75. The molecule has 0 aromatic carbocycles. The highest BCUT2D eigenvalue weighted by atomic mass is 19.4. The zero-order valence-corrected chi connectivity index (χ0v) is 11.3. The molecule has 0 atom stereocenters. The van der Waals surface area contributed by atoms with Crippen LogP contribution in [0.3, 0.4) is 0 Å². The van der Waals surface area contributed by atoms with E-state index in [2.05, 4.69) is 18.5 Å². The predicted molar refractivity (Wildman–Crippen MR) is 71.6 cm³/mol. The zero-order chi connectivity index (χ0) is 14.6. The van der Waals surface area contributed by atoms with Gasteiger partial charge in [-0.3, -0.25) is 0 Å². The second-order valence-corrected chi connectivity index (χ2v) is 4.62. The minimum atomic E-state index is -4.41. The molecule has 106 valence electrons. The number of rotatable bonds is 5. The number of halogens is 3. The van der Waals surface area contributed by atoms with Gasteiger partial charge in [-0.1, -0.05) is 26.3 Å². The van der Waals surface area contributed by atoms with Crippen molar-refractivity contribution in [3.05, 3.63) is 29.5 Å². The Morgan fingerprint density at radius 3 is 2.53 bits per heavy atom. The van der Waals surface area contributed by atoms with Gasteiger partial charge in [-0.2, -0.15) is 13.2 Å². The molecule has 0 amide bonds. The van der Waals surface area contributed by atoms with Crippen LogP contribution in [0.4, 0.5) is 19.0 Å². The van der Waals surface area contributed by atoms with Gasteiger partial charge in [-0.15, -0.1) is 0 Å². The van der Waals surface area contributed by atoms with Crippen molar-refractivity contribution in [2.45, 2.75) is 45.7 Å². The summed E-state index contributed by atoms with van der Waals surface area (Å²) in [5, 5.41) is 0. The van der Waals surface area contributed by atoms with Gasteiger partial charge < -0.3 is 5.73 Å². The third-order valence-corrected chi connectivity index (χ3v) is 3.11. The Balaban J connectivity index is 3.09. The molecule has 0 aliphatic carbocycles. The average Bonchev–Trinajstić information content (AvgIpc) is 2.27. The van der Waals surface area contributed by atoms with Crippen LogP contribution in [0.15, 0.2) is 12.8 Å². The van der Waals surface area contributed by atoms with Crippen LogP contribution in [0.5, 0.6) is 0 Å². The number of hydrogen-bond acceptors (Lipinski definition) is 2. The number of nitrogens with two attached hydrogens (primary N) is 1. The van der Waals surface area contributed by atoms with Crippen LogP contribution >= 0.6 is 0 Å². The van der Waals surface area contributed by atoms with Crippen LogP contribution in [0.1, 0.15) is 49.3 Å². The van der Waals surface area contributed by atoms with E-state index in [1.807, 2.05) is 0 Å². The first-order valence-electron chi connectivity index (χ1n) is 6.29. The van der Waals surface area contributed by atoms with E-state index in [-0.39, 0.29) is 11.4 Å². The number of alkyl halides is 3. The predicted octanol–water partition coefficient (Wildman–Crippen LogP) is 4.58. The molecule has 0 radical (unpaired) electrons. The fraction of sp³-hybridized carbons (Fsp3) is 0.500. The van der Waals surface area contributed by atoms with Crippen LogP contribution < -0.4 is 5.73 Å². The van der Waals surface area contributed by atoms with E-state index in [4.69, 9.17) is 5.73 Å². The van der Waals surface area contributed by atoms with E-state index in [1.165, 1.54) is 6.92 Å². The molecular formula is C14H19F3N2. The molecule has 0 spiro atoms. The summed E-state index contributed by atoms with van der Waals surface area (Å²) in [6.45, 7) is 7.34. The normalized spacial score (nSPS) is 11.6. The average molecular weight is 272 g/mol. The smallest absolute Gasteiger partial charge is 0.383 e. The van der Waals surface area contributed by atoms with Crippen molar-refractivity contribution in [3.8, 4) is 0 Å². The molecule has 1 rings (SSSR count). The molecule has 2 N–H and O–H groups in total. The Labute approximate surface area is 111 Å². The minimum absolute atomic E-state index is 0.112. The van der Waals surface area contributed by atoms with E-state index >= 15 is 0 Å². The quantitative estimate of drug-likeness (QED) is 0.796. The number of nitrogens with zero attached hydrogens (tertiary/aromatic N) is 1. The van der Waals surface area contributed by atoms with Crippen molar-refractivity contribution in [1.29, 1.82) is 0 Å². The topological polar surface area (TPSA) is 38.9 Å². The summed E-state index contributed by atoms with van der Waals surface area (Å²) >= 11 is 0. The maximum atomic E-state index is 12.8. The molecule has 2 nitrogen and oxygen atoms in total. The summed E-state index contributed by atoms with van der Waals surface area (Å²) in [6.07, 6.45) is -0.0317. The van der Waals surface area contributed by atoms with Crippen molar-refractivity contribution in [2.75, 3.05) is 5.73 Å². The molecule has 1 aromatic heterocycles. The summed E-state index contributed by atoms with van der Waals surface area (Å²) in [7, 11) is 0. The molecule has 0 saturated heterocycles. The molecule has 1 heterocycles. The third-order valence-electron chi connectivity index (χ3n) is 3.11. The lowest BCUT2D eigenvalue weighted by Gasteiger charge is -2.16. The summed E-state index contributed by atoms with van der Waals surface area (Å²) in [5.41, 5.74) is 6.05. The maximum Gasteiger partial charge on any atom is 0.418 e. The lowest BCUT2D eigenvalue weighted by atomic mass is 9.95. The second-order valence-electron chi connectivity index (χ2n) is 4.62. The maximum absolute atomic E-state index is 12.8. The van der Waals surface area contributed by atoms with Gasteiger partial charge in [0, 0.05) is 11.8 Å². The summed E-state index contributed by atoms with van der Waals surface area (Å²) in [4.78, 5) is 3.65.